The normalized spacial score (nSPS) is 18.3. The molecule has 0 amide bonds. The van der Waals surface area contributed by atoms with E-state index in [1.165, 1.54) is 48.9 Å². The minimum absolute atomic E-state index is 0.739. The lowest BCUT2D eigenvalue weighted by atomic mass is 9.91. The van der Waals surface area contributed by atoms with Gasteiger partial charge >= 0.3 is 0 Å². The standard InChI is InChI=1S/C23H27N3/c1-17-11-21(12-18(2)25-17)13-19-5-4-10-26(15-19)16-20-7-8-22-6-3-9-24-23(22)14-20/h3,6-9,11-12,14,19H,4-5,10,13,15-16H2,1-2H3. The van der Waals surface area contributed by atoms with E-state index in [4.69, 9.17) is 0 Å². The molecule has 26 heavy (non-hydrogen) atoms. The lowest BCUT2D eigenvalue weighted by Crippen LogP contribution is -2.35. The van der Waals surface area contributed by atoms with Gasteiger partial charge in [0.1, 0.15) is 0 Å². The molecule has 3 heterocycles. The Balaban J connectivity index is 1.42. The number of piperidine rings is 1. The molecule has 3 nitrogen and oxygen atoms in total. The molecular weight excluding hydrogens is 318 g/mol. The lowest BCUT2D eigenvalue weighted by Gasteiger charge is -2.33. The molecule has 0 aliphatic carbocycles. The fourth-order valence-electron chi connectivity index (χ4n) is 4.30. The van der Waals surface area contributed by atoms with Gasteiger partial charge in [0.25, 0.3) is 0 Å². The van der Waals surface area contributed by atoms with Gasteiger partial charge in [-0.25, -0.2) is 0 Å². The van der Waals surface area contributed by atoms with Gasteiger partial charge < -0.3 is 0 Å². The summed E-state index contributed by atoms with van der Waals surface area (Å²) in [6.45, 7) is 7.60. The smallest absolute Gasteiger partial charge is 0.0705 e. The molecule has 3 aromatic rings. The van der Waals surface area contributed by atoms with Crippen molar-refractivity contribution in [3.63, 3.8) is 0 Å². The number of aromatic nitrogens is 2. The second-order valence-corrected chi connectivity index (χ2v) is 7.74. The third-order valence-corrected chi connectivity index (χ3v) is 5.35. The van der Waals surface area contributed by atoms with Crippen LogP contribution in [0.5, 0.6) is 0 Å². The maximum absolute atomic E-state index is 4.51. The predicted molar refractivity (Wildman–Crippen MR) is 107 cm³/mol. The van der Waals surface area contributed by atoms with Crippen LogP contribution >= 0.6 is 0 Å². The summed E-state index contributed by atoms with van der Waals surface area (Å²) in [6.07, 6.45) is 5.66. The molecule has 1 unspecified atom stereocenters. The molecule has 0 bridgehead atoms. The van der Waals surface area contributed by atoms with Gasteiger partial charge in [-0.1, -0.05) is 18.2 Å². The van der Waals surface area contributed by atoms with E-state index in [-0.39, 0.29) is 0 Å². The van der Waals surface area contributed by atoms with Crippen molar-refractivity contribution in [2.45, 2.75) is 39.7 Å². The Kier molecular flexibility index (Phi) is 4.98. The first-order chi connectivity index (χ1) is 12.7. The monoisotopic (exact) mass is 345 g/mol. The van der Waals surface area contributed by atoms with Gasteiger partial charge in [-0.2, -0.15) is 0 Å². The molecule has 134 valence electrons. The Morgan fingerprint density at radius 1 is 1.04 bits per heavy atom. The van der Waals surface area contributed by atoms with Crippen LogP contribution in [0.25, 0.3) is 10.9 Å². The largest absolute Gasteiger partial charge is 0.299 e. The van der Waals surface area contributed by atoms with Gasteiger partial charge in [-0.3, -0.25) is 14.9 Å². The van der Waals surface area contributed by atoms with Crippen molar-refractivity contribution < 1.29 is 0 Å². The summed E-state index contributed by atoms with van der Waals surface area (Å²) in [6, 6.07) is 15.3. The van der Waals surface area contributed by atoms with Crippen LogP contribution in [0.15, 0.2) is 48.7 Å². The van der Waals surface area contributed by atoms with Crippen LogP contribution in [-0.4, -0.2) is 28.0 Å². The molecule has 1 aliphatic heterocycles. The summed E-state index contributed by atoms with van der Waals surface area (Å²) in [4.78, 5) is 11.6. The number of hydrogen-bond acceptors (Lipinski definition) is 3. The van der Waals surface area contributed by atoms with Crippen LogP contribution < -0.4 is 0 Å². The van der Waals surface area contributed by atoms with Gasteiger partial charge in [0.05, 0.1) is 5.52 Å². The highest BCUT2D eigenvalue weighted by Crippen LogP contribution is 2.23. The number of hydrogen-bond donors (Lipinski definition) is 0. The van der Waals surface area contributed by atoms with E-state index in [9.17, 15) is 0 Å². The maximum atomic E-state index is 4.51. The first kappa shape index (κ1) is 17.2. The number of benzene rings is 1. The number of fused-ring (bicyclic) bond motifs is 1. The van der Waals surface area contributed by atoms with E-state index in [0.717, 1.165) is 29.4 Å². The lowest BCUT2D eigenvalue weighted by molar-refractivity contribution is 0.167. The molecule has 1 aliphatic rings. The molecule has 0 saturated carbocycles. The zero-order chi connectivity index (χ0) is 17.9. The molecule has 1 atom stereocenters. The SMILES string of the molecule is Cc1cc(CC2CCCN(Cc3ccc4cccnc4c3)C2)cc(C)n1. The zero-order valence-corrected chi connectivity index (χ0v) is 15.8. The fraction of sp³-hybridized carbons (Fsp3) is 0.391. The first-order valence-electron chi connectivity index (χ1n) is 9.66. The molecular formula is C23H27N3. The minimum atomic E-state index is 0.739. The number of aryl methyl sites for hydroxylation is 2. The summed E-state index contributed by atoms with van der Waals surface area (Å²) in [5.41, 5.74) is 6.18. The third kappa shape index (κ3) is 4.10. The van der Waals surface area contributed by atoms with Crippen LogP contribution in [0, 0.1) is 19.8 Å². The molecule has 1 fully saturated rings. The number of likely N-dealkylation sites (tertiary alicyclic amines) is 1. The van der Waals surface area contributed by atoms with E-state index in [2.05, 4.69) is 65.1 Å². The molecule has 0 spiro atoms. The number of rotatable bonds is 4. The van der Waals surface area contributed by atoms with Crippen molar-refractivity contribution in [3.05, 3.63) is 71.2 Å². The molecule has 0 radical (unpaired) electrons. The second kappa shape index (κ2) is 7.55. The Morgan fingerprint density at radius 3 is 2.73 bits per heavy atom. The highest BCUT2D eigenvalue weighted by atomic mass is 15.1. The van der Waals surface area contributed by atoms with Crippen molar-refractivity contribution in [2.75, 3.05) is 13.1 Å². The second-order valence-electron chi connectivity index (χ2n) is 7.74. The zero-order valence-electron chi connectivity index (χ0n) is 15.8. The van der Waals surface area contributed by atoms with Crippen LogP contribution in [-0.2, 0) is 13.0 Å². The average Bonchev–Trinajstić information content (AvgIpc) is 2.61. The van der Waals surface area contributed by atoms with E-state index >= 15 is 0 Å². The first-order valence-corrected chi connectivity index (χ1v) is 9.66. The van der Waals surface area contributed by atoms with Gasteiger partial charge in [-0.15, -0.1) is 0 Å². The van der Waals surface area contributed by atoms with E-state index in [0.29, 0.717) is 0 Å². The number of pyridine rings is 2. The van der Waals surface area contributed by atoms with Gasteiger partial charge in [0.2, 0.25) is 0 Å². The van der Waals surface area contributed by atoms with Crippen molar-refractivity contribution >= 4 is 10.9 Å². The molecule has 4 rings (SSSR count). The minimum Gasteiger partial charge on any atom is -0.299 e. The van der Waals surface area contributed by atoms with Crippen LogP contribution in [0.1, 0.15) is 35.4 Å². The molecule has 1 aromatic carbocycles. The van der Waals surface area contributed by atoms with E-state index in [1.54, 1.807) is 0 Å². The van der Waals surface area contributed by atoms with Crippen molar-refractivity contribution in [1.82, 2.24) is 14.9 Å². The van der Waals surface area contributed by atoms with Crippen LogP contribution in [0.3, 0.4) is 0 Å². The Hall–Kier alpha value is -2.26. The van der Waals surface area contributed by atoms with E-state index < -0.39 is 0 Å². The van der Waals surface area contributed by atoms with Gasteiger partial charge in [0, 0.05) is 36.1 Å². The Labute approximate surface area is 156 Å². The molecule has 1 saturated heterocycles. The average molecular weight is 345 g/mol. The predicted octanol–water partition coefficient (Wildman–Crippen LogP) is 4.70. The molecule has 3 heteroatoms. The van der Waals surface area contributed by atoms with Crippen molar-refractivity contribution in [1.29, 1.82) is 0 Å². The summed E-state index contributed by atoms with van der Waals surface area (Å²) in [5, 5.41) is 1.22. The highest BCUT2D eigenvalue weighted by Gasteiger charge is 2.20. The highest BCUT2D eigenvalue weighted by molar-refractivity contribution is 5.78. The van der Waals surface area contributed by atoms with Crippen LogP contribution in [0.2, 0.25) is 0 Å². The van der Waals surface area contributed by atoms with Crippen LogP contribution in [0.4, 0.5) is 0 Å². The Bertz CT molecular complexity index is 883. The quantitative estimate of drug-likeness (QED) is 0.686. The van der Waals surface area contributed by atoms with Crippen molar-refractivity contribution in [2.24, 2.45) is 5.92 Å². The van der Waals surface area contributed by atoms with Gasteiger partial charge in [0.15, 0.2) is 0 Å². The maximum Gasteiger partial charge on any atom is 0.0705 e. The summed E-state index contributed by atoms with van der Waals surface area (Å²) < 4.78 is 0. The van der Waals surface area contributed by atoms with Gasteiger partial charge in [-0.05, 0) is 81.0 Å². The Morgan fingerprint density at radius 2 is 1.88 bits per heavy atom. The topological polar surface area (TPSA) is 29.0 Å². The summed E-state index contributed by atoms with van der Waals surface area (Å²) in [5.74, 6) is 0.739. The fourth-order valence-corrected chi connectivity index (χ4v) is 4.30. The third-order valence-electron chi connectivity index (χ3n) is 5.35. The van der Waals surface area contributed by atoms with E-state index in [1.807, 2.05) is 12.3 Å². The molecule has 2 aromatic heterocycles. The van der Waals surface area contributed by atoms with Crippen molar-refractivity contribution in [3.8, 4) is 0 Å². The summed E-state index contributed by atoms with van der Waals surface area (Å²) in [7, 11) is 0. The summed E-state index contributed by atoms with van der Waals surface area (Å²) >= 11 is 0. The number of nitrogens with zero attached hydrogens (tertiary/aromatic N) is 3. The molecule has 0 N–H and O–H groups in total.